The van der Waals surface area contributed by atoms with Gasteiger partial charge in [0.15, 0.2) is 17.2 Å². The van der Waals surface area contributed by atoms with Crippen LogP contribution in [0.4, 0.5) is 16.3 Å². The maximum atomic E-state index is 13.9. The van der Waals surface area contributed by atoms with Crippen LogP contribution in [0.1, 0.15) is 43.7 Å². The van der Waals surface area contributed by atoms with Gasteiger partial charge >= 0.3 is 0 Å². The molecule has 0 radical (unpaired) electrons. The Bertz CT molecular complexity index is 1280. The zero-order valence-electron chi connectivity index (χ0n) is 19.9. The lowest BCUT2D eigenvalue weighted by Gasteiger charge is -2.23. The fraction of sp³-hybridized carbons (Fsp3) is 0.346. The molecule has 1 aliphatic heterocycles. The van der Waals surface area contributed by atoms with E-state index in [-0.39, 0.29) is 17.7 Å². The molecule has 2 N–H and O–H groups in total. The fourth-order valence-corrected chi connectivity index (χ4v) is 4.02. The standard InChI is InChI=1S/C26H29FN6O2/c1-17(2)21-16-29-33-24(21)31-25(30-19-11-13-34-14-12-19)32-26(33)28-15-18-7-9-20(10-8-18)35-23-6-4-3-5-22(23)27/h3-10,16-17,19H,11-15H2,1-2H3,(H2,28,30,31,32). The number of halogens is 1. The normalized spacial score (nSPS) is 14.4. The summed E-state index contributed by atoms with van der Waals surface area (Å²) in [5, 5.41) is 11.4. The van der Waals surface area contributed by atoms with Gasteiger partial charge in [0.2, 0.25) is 11.9 Å². The summed E-state index contributed by atoms with van der Waals surface area (Å²) in [7, 11) is 0. The van der Waals surface area contributed by atoms with Crippen LogP contribution in [0.5, 0.6) is 11.5 Å². The molecule has 0 unspecified atom stereocenters. The quantitative estimate of drug-likeness (QED) is 0.353. The SMILES string of the molecule is CC(C)c1cnn2c(NCc3ccc(Oc4ccccc4F)cc3)nc(NC3CCOCC3)nc12. The summed E-state index contributed by atoms with van der Waals surface area (Å²) in [5.41, 5.74) is 2.88. The molecule has 0 aliphatic carbocycles. The molecule has 1 saturated heterocycles. The van der Waals surface area contributed by atoms with E-state index in [1.54, 1.807) is 22.7 Å². The summed E-state index contributed by atoms with van der Waals surface area (Å²) in [4.78, 5) is 9.50. The highest BCUT2D eigenvalue weighted by atomic mass is 19.1. The first-order valence-electron chi connectivity index (χ1n) is 11.9. The van der Waals surface area contributed by atoms with Crippen LogP contribution >= 0.6 is 0 Å². The molecule has 182 valence electrons. The van der Waals surface area contributed by atoms with E-state index in [1.807, 2.05) is 30.5 Å². The lowest BCUT2D eigenvalue weighted by Crippen LogP contribution is -2.29. The Labute approximate surface area is 203 Å². The summed E-state index contributed by atoms with van der Waals surface area (Å²) >= 11 is 0. The number of nitrogens with one attached hydrogen (secondary N) is 2. The molecule has 3 heterocycles. The van der Waals surface area contributed by atoms with Crippen molar-refractivity contribution in [3.05, 3.63) is 71.7 Å². The van der Waals surface area contributed by atoms with Gasteiger partial charge in [0.25, 0.3) is 0 Å². The van der Waals surface area contributed by atoms with E-state index in [1.165, 1.54) is 6.07 Å². The van der Waals surface area contributed by atoms with Gasteiger partial charge in [-0.1, -0.05) is 38.1 Å². The van der Waals surface area contributed by atoms with Crippen LogP contribution in [0, 0.1) is 5.82 Å². The molecule has 1 aliphatic rings. The minimum absolute atomic E-state index is 0.200. The first-order chi connectivity index (χ1) is 17.1. The molecule has 0 amide bonds. The molecule has 0 atom stereocenters. The number of ether oxygens (including phenoxy) is 2. The van der Waals surface area contributed by atoms with Crippen molar-refractivity contribution in [1.82, 2.24) is 19.6 Å². The van der Waals surface area contributed by atoms with Crippen molar-refractivity contribution in [2.45, 2.75) is 45.2 Å². The molecule has 0 bridgehead atoms. The predicted molar refractivity (Wildman–Crippen MR) is 133 cm³/mol. The van der Waals surface area contributed by atoms with Gasteiger partial charge < -0.3 is 20.1 Å². The van der Waals surface area contributed by atoms with E-state index in [2.05, 4.69) is 29.6 Å². The van der Waals surface area contributed by atoms with E-state index in [9.17, 15) is 4.39 Å². The largest absolute Gasteiger partial charge is 0.454 e. The Hall–Kier alpha value is -3.72. The average Bonchev–Trinajstić information content (AvgIpc) is 3.30. The molecule has 1 fully saturated rings. The van der Waals surface area contributed by atoms with E-state index < -0.39 is 5.82 Å². The predicted octanol–water partition coefficient (Wildman–Crippen LogP) is 5.38. The minimum atomic E-state index is -0.392. The summed E-state index contributed by atoms with van der Waals surface area (Å²) in [6.07, 6.45) is 3.71. The van der Waals surface area contributed by atoms with Gasteiger partial charge in [0.05, 0.1) is 6.20 Å². The third-order valence-electron chi connectivity index (χ3n) is 6.01. The number of aromatic nitrogens is 4. The summed E-state index contributed by atoms with van der Waals surface area (Å²) in [6.45, 7) is 6.27. The lowest BCUT2D eigenvalue weighted by atomic mass is 10.1. The average molecular weight is 477 g/mol. The van der Waals surface area contributed by atoms with Gasteiger partial charge in [0.1, 0.15) is 5.75 Å². The zero-order valence-corrected chi connectivity index (χ0v) is 19.9. The number of anilines is 2. The van der Waals surface area contributed by atoms with Gasteiger partial charge in [-0.2, -0.15) is 19.6 Å². The maximum absolute atomic E-state index is 13.9. The van der Waals surface area contributed by atoms with Crippen LogP contribution in [-0.4, -0.2) is 38.8 Å². The second kappa shape index (κ2) is 10.3. The molecular formula is C26H29FN6O2. The first kappa shape index (κ1) is 23.0. The second-order valence-corrected chi connectivity index (χ2v) is 8.92. The monoisotopic (exact) mass is 476 g/mol. The third-order valence-corrected chi connectivity index (χ3v) is 6.01. The number of para-hydroxylation sites is 1. The highest BCUT2D eigenvalue weighted by molar-refractivity contribution is 5.56. The van der Waals surface area contributed by atoms with Gasteiger partial charge in [-0.3, -0.25) is 0 Å². The number of nitrogens with zero attached hydrogens (tertiary/aromatic N) is 4. The van der Waals surface area contributed by atoms with Crippen molar-refractivity contribution in [2.24, 2.45) is 0 Å². The van der Waals surface area contributed by atoms with Crippen molar-refractivity contribution >= 4 is 17.5 Å². The number of hydrogen-bond acceptors (Lipinski definition) is 7. The Morgan fingerprint density at radius 2 is 1.86 bits per heavy atom. The van der Waals surface area contributed by atoms with Crippen LogP contribution in [0.3, 0.4) is 0 Å². The van der Waals surface area contributed by atoms with Crippen molar-refractivity contribution in [3.8, 4) is 11.5 Å². The Morgan fingerprint density at radius 1 is 1.09 bits per heavy atom. The lowest BCUT2D eigenvalue weighted by molar-refractivity contribution is 0.0903. The molecule has 0 saturated carbocycles. The number of hydrogen-bond donors (Lipinski definition) is 2. The molecule has 35 heavy (non-hydrogen) atoms. The zero-order chi connectivity index (χ0) is 24.2. The van der Waals surface area contributed by atoms with E-state index in [0.717, 1.165) is 42.8 Å². The number of benzene rings is 2. The van der Waals surface area contributed by atoms with Gasteiger partial charge in [-0.15, -0.1) is 0 Å². The fourth-order valence-electron chi connectivity index (χ4n) is 4.02. The van der Waals surface area contributed by atoms with Crippen molar-refractivity contribution in [3.63, 3.8) is 0 Å². The molecule has 5 rings (SSSR count). The Morgan fingerprint density at radius 3 is 2.60 bits per heavy atom. The summed E-state index contributed by atoms with van der Waals surface area (Å²) in [5.74, 6) is 1.86. The number of rotatable bonds is 8. The Balaban J connectivity index is 1.33. The van der Waals surface area contributed by atoms with Gasteiger partial charge in [0, 0.05) is 31.4 Å². The first-order valence-corrected chi connectivity index (χ1v) is 11.9. The summed E-state index contributed by atoms with van der Waals surface area (Å²) < 4.78 is 26.7. The molecule has 2 aromatic heterocycles. The smallest absolute Gasteiger partial charge is 0.229 e. The van der Waals surface area contributed by atoms with E-state index in [4.69, 9.17) is 19.4 Å². The molecule has 2 aromatic carbocycles. The van der Waals surface area contributed by atoms with Crippen LogP contribution in [0.15, 0.2) is 54.7 Å². The van der Waals surface area contributed by atoms with Crippen LogP contribution in [-0.2, 0) is 11.3 Å². The van der Waals surface area contributed by atoms with Crippen LogP contribution < -0.4 is 15.4 Å². The third kappa shape index (κ3) is 5.35. The Kier molecular flexibility index (Phi) is 6.76. The van der Waals surface area contributed by atoms with Gasteiger partial charge in [-0.05, 0) is 48.6 Å². The molecule has 9 heteroatoms. The molecular weight excluding hydrogens is 447 g/mol. The van der Waals surface area contributed by atoms with Crippen molar-refractivity contribution in [1.29, 1.82) is 0 Å². The minimum Gasteiger partial charge on any atom is -0.454 e. The van der Waals surface area contributed by atoms with Crippen LogP contribution in [0.2, 0.25) is 0 Å². The number of fused-ring (bicyclic) bond motifs is 1. The van der Waals surface area contributed by atoms with E-state index >= 15 is 0 Å². The highest BCUT2D eigenvalue weighted by Gasteiger charge is 2.19. The van der Waals surface area contributed by atoms with Gasteiger partial charge in [-0.25, -0.2) is 4.39 Å². The summed E-state index contributed by atoms with van der Waals surface area (Å²) in [6, 6.07) is 14.2. The maximum Gasteiger partial charge on any atom is 0.229 e. The van der Waals surface area contributed by atoms with Crippen molar-refractivity contribution < 1.29 is 13.9 Å². The topological polar surface area (TPSA) is 85.6 Å². The van der Waals surface area contributed by atoms with Crippen LogP contribution in [0.25, 0.3) is 5.65 Å². The molecule has 4 aromatic rings. The molecule has 8 nitrogen and oxygen atoms in total. The van der Waals surface area contributed by atoms with E-state index in [0.29, 0.717) is 24.2 Å². The highest BCUT2D eigenvalue weighted by Crippen LogP contribution is 2.25. The van der Waals surface area contributed by atoms with Crippen molar-refractivity contribution in [2.75, 3.05) is 23.8 Å². The molecule has 0 spiro atoms. The second-order valence-electron chi connectivity index (χ2n) is 8.92.